The number of allylic oxidation sites excluding steroid dienone is 4. The van der Waals surface area contributed by atoms with Crippen molar-refractivity contribution in [3.63, 3.8) is 0 Å². The van der Waals surface area contributed by atoms with Gasteiger partial charge in [-0.05, 0) is 24.5 Å². The van der Waals surface area contributed by atoms with Crippen LogP contribution in [0.1, 0.15) is 12.8 Å². The number of ether oxygens (including phenoxy) is 2. The molecule has 0 aromatic rings. The Morgan fingerprint density at radius 3 is 2.92 bits per heavy atom. The zero-order chi connectivity index (χ0) is 9.10. The maximum absolute atomic E-state index is 5.30. The van der Waals surface area contributed by atoms with E-state index in [2.05, 4.69) is 28.1 Å². The van der Waals surface area contributed by atoms with Gasteiger partial charge in [0.25, 0.3) is 0 Å². The quantitative estimate of drug-likeness (QED) is 0.700. The standard InChI is InChI=1S/C10H9BrO2/c11-9-3-1-2-8(6-9)10-7-12-4-5-13-10/h3-7H,1-2H2. The molecule has 1 heterocycles. The lowest BCUT2D eigenvalue weighted by atomic mass is 10.0. The Hall–Kier alpha value is -0.960. The molecule has 0 N–H and O–H groups in total. The van der Waals surface area contributed by atoms with Crippen molar-refractivity contribution in [2.45, 2.75) is 12.8 Å². The molecule has 2 aliphatic rings. The fourth-order valence-electron chi connectivity index (χ4n) is 1.27. The van der Waals surface area contributed by atoms with Crippen molar-refractivity contribution in [2.75, 3.05) is 0 Å². The van der Waals surface area contributed by atoms with Crippen molar-refractivity contribution in [1.82, 2.24) is 0 Å². The van der Waals surface area contributed by atoms with E-state index in [1.54, 1.807) is 12.5 Å². The van der Waals surface area contributed by atoms with Crippen LogP contribution in [-0.4, -0.2) is 0 Å². The van der Waals surface area contributed by atoms with E-state index in [-0.39, 0.29) is 0 Å². The molecule has 2 nitrogen and oxygen atoms in total. The highest BCUT2D eigenvalue weighted by Crippen LogP contribution is 2.27. The monoisotopic (exact) mass is 240 g/mol. The first-order valence-electron chi connectivity index (χ1n) is 4.10. The van der Waals surface area contributed by atoms with E-state index in [0.29, 0.717) is 0 Å². The summed E-state index contributed by atoms with van der Waals surface area (Å²) in [5.74, 6) is 0.799. The molecule has 1 aliphatic heterocycles. The Labute approximate surface area is 85.3 Å². The van der Waals surface area contributed by atoms with E-state index in [4.69, 9.17) is 9.47 Å². The number of halogens is 1. The van der Waals surface area contributed by atoms with Crippen molar-refractivity contribution < 1.29 is 9.47 Å². The summed E-state index contributed by atoms with van der Waals surface area (Å²) in [4.78, 5) is 0. The van der Waals surface area contributed by atoms with Crippen molar-refractivity contribution in [3.8, 4) is 0 Å². The molecule has 0 saturated heterocycles. The van der Waals surface area contributed by atoms with Crippen molar-refractivity contribution in [1.29, 1.82) is 0 Å². The minimum atomic E-state index is 0.799. The molecule has 0 aromatic carbocycles. The predicted octanol–water partition coefficient (Wildman–Crippen LogP) is 3.34. The van der Waals surface area contributed by atoms with Crippen LogP contribution in [0.4, 0.5) is 0 Å². The first kappa shape index (κ1) is 8.63. The molecule has 0 radical (unpaired) electrons. The van der Waals surface area contributed by atoms with Crippen LogP contribution in [0.5, 0.6) is 0 Å². The summed E-state index contributed by atoms with van der Waals surface area (Å²) >= 11 is 3.44. The molecular formula is C10H9BrO2. The van der Waals surface area contributed by atoms with Gasteiger partial charge in [-0.3, -0.25) is 0 Å². The van der Waals surface area contributed by atoms with Gasteiger partial charge in [0.2, 0.25) is 0 Å². The summed E-state index contributed by atoms with van der Waals surface area (Å²) in [6, 6.07) is 0. The Balaban J connectivity index is 2.16. The van der Waals surface area contributed by atoms with Crippen LogP contribution >= 0.6 is 15.9 Å². The molecule has 68 valence electrons. The van der Waals surface area contributed by atoms with E-state index < -0.39 is 0 Å². The lowest BCUT2D eigenvalue weighted by Gasteiger charge is -2.15. The summed E-state index contributed by atoms with van der Waals surface area (Å²) in [6.45, 7) is 0. The molecule has 0 spiro atoms. The lowest BCUT2D eigenvalue weighted by molar-refractivity contribution is 0.262. The van der Waals surface area contributed by atoms with E-state index in [1.165, 1.54) is 11.8 Å². The summed E-state index contributed by atoms with van der Waals surface area (Å²) in [5.41, 5.74) is 1.17. The largest absolute Gasteiger partial charge is 0.466 e. The Bertz CT molecular complexity index is 324. The number of hydrogen-bond donors (Lipinski definition) is 0. The third-order valence-corrected chi connectivity index (χ3v) is 2.44. The smallest absolute Gasteiger partial charge is 0.164 e. The molecule has 0 atom stereocenters. The van der Waals surface area contributed by atoms with Crippen molar-refractivity contribution in [3.05, 3.63) is 46.8 Å². The SMILES string of the molecule is BrC1=CCCC(C2=COC=CO2)=C1. The second kappa shape index (κ2) is 3.83. The van der Waals surface area contributed by atoms with E-state index >= 15 is 0 Å². The van der Waals surface area contributed by atoms with Gasteiger partial charge < -0.3 is 9.47 Å². The topological polar surface area (TPSA) is 18.5 Å². The second-order valence-electron chi connectivity index (χ2n) is 2.81. The zero-order valence-corrected chi connectivity index (χ0v) is 8.58. The van der Waals surface area contributed by atoms with Gasteiger partial charge in [0, 0.05) is 4.48 Å². The zero-order valence-electron chi connectivity index (χ0n) is 7.00. The molecule has 0 amide bonds. The van der Waals surface area contributed by atoms with Gasteiger partial charge in [0.15, 0.2) is 5.76 Å². The molecular weight excluding hydrogens is 232 g/mol. The van der Waals surface area contributed by atoms with Gasteiger partial charge >= 0.3 is 0 Å². The van der Waals surface area contributed by atoms with Crippen LogP contribution in [0.3, 0.4) is 0 Å². The molecule has 0 saturated carbocycles. The van der Waals surface area contributed by atoms with Gasteiger partial charge in [-0.25, -0.2) is 0 Å². The van der Waals surface area contributed by atoms with Gasteiger partial charge in [-0.1, -0.05) is 22.0 Å². The normalized spacial score (nSPS) is 20.8. The van der Waals surface area contributed by atoms with Crippen LogP contribution in [0.15, 0.2) is 46.8 Å². The molecule has 1 aliphatic carbocycles. The Morgan fingerprint density at radius 1 is 1.31 bits per heavy atom. The highest BCUT2D eigenvalue weighted by atomic mass is 79.9. The third kappa shape index (κ3) is 2.04. The summed E-state index contributed by atoms with van der Waals surface area (Å²) in [6.07, 6.45) is 10.9. The van der Waals surface area contributed by atoms with Gasteiger partial charge in [-0.2, -0.15) is 0 Å². The molecule has 3 heteroatoms. The predicted molar refractivity (Wildman–Crippen MR) is 53.7 cm³/mol. The summed E-state index contributed by atoms with van der Waals surface area (Å²) in [5, 5.41) is 0. The fraction of sp³-hybridized carbons (Fsp3) is 0.200. The number of hydrogen-bond acceptors (Lipinski definition) is 2. The molecule has 0 aromatic heterocycles. The van der Waals surface area contributed by atoms with Crippen molar-refractivity contribution in [2.24, 2.45) is 0 Å². The van der Waals surface area contributed by atoms with Crippen LogP contribution in [-0.2, 0) is 9.47 Å². The molecule has 13 heavy (non-hydrogen) atoms. The third-order valence-electron chi connectivity index (χ3n) is 1.89. The van der Waals surface area contributed by atoms with Gasteiger partial charge in [-0.15, -0.1) is 0 Å². The van der Waals surface area contributed by atoms with Crippen LogP contribution in [0.2, 0.25) is 0 Å². The Kier molecular flexibility index (Phi) is 2.54. The maximum Gasteiger partial charge on any atom is 0.164 e. The first-order valence-corrected chi connectivity index (χ1v) is 4.89. The Morgan fingerprint density at radius 2 is 2.23 bits per heavy atom. The van der Waals surface area contributed by atoms with Crippen LogP contribution < -0.4 is 0 Å². The second-order valence-corrected chi connectivity index (χ2v) is 3.72. The number of rotatable bonds is 1. The summed E-state index contributed by atoms with van der Waals surface area (Å²) < 4.78 is 11.4. The maximum atomic E-state index is 5.30. The van der Waals surface area contributed by atoms with Gasteiger partial charge in [0.05, 0.1) is 0 Å². The summed E-state index contributed by atoms with van der Waals surface area (Å²) in [7, 11) is 0. The molecule has 0 bridgehead atoms. The first-order chi connectivity index (χ1) is 6.36. The minimum absolute atomic E-state index is 0.799. The van der Waals surface area contributed by atoms with E-state index in [0.717, 1.165) is 23.1 Å². The lowest BCUT2D eigenvalue weighted by Crippen LogP contribution is -1.98. The minimum Gasteiger partial charge on any atom is -0.466 e. The van der Waals surface area contributed by atoms with Crippen molar-refractivity contribution >= 4 is 15.9 Å². The van der Waals surface area contributed by atoms with E-state index in [1.807, 2.05) is 0 Å². The van der Waals surface area contributed by atoms with Crippen LogP contribution in [0, 0.1) is 0 Å². The highest BCUT2D eigenvalue weighted by Gasteiger charge is 2.11. The highest BCUT2D eigenvalue weighted by molar-refractivity contribution is 9.11. The van der Waals surface area contributed by atoms with Gasteiger partial charge in [0.1, 0.15) is 18.8 Å². The molecule has 2 rings (SSSR count). The molecule has 0 fully saturated rings. The van der Waals surface area contributed by atoms with E-state index in [9.17, 15) is 0 Å². The fourth-order valence-corrected chi connectivity index (χ4v) is 1.78. The average molecular weight is 241 g/mol. The average Bonchev–Trinajstić information content (AvgIpc) is 2.19. The van der Waals surface area contributed by atoms with Crippen LogP contribution in [0.25, 0.3) is 0 Å². The molecule has 0 unspecified atom stereocenters.